The third-order valence-corrected chi connectivity index (χ3v) is 6.96. The molecule has 214 valence electrons. The highest BCUT2D eigenvalue weighted by atomic mass is 16.5. The number of hydrogen-bond donors (Lipinski definition) is 2. The number of rotatable bonds is 6. The number of aromatic nitrogens is 5. The molecule has 42 heavy (non-hydrogen) atoms. The van der Waals surface area contributed by atoms with Gasteiger partial charge in [-0.05, 0) is 55.0 Å². The number of ether oxygens (including phenoxy) is 1. The molecule has 5 aromatic rings. The third kappa shape index (κ3) is 5.97. The van der Waals surface area contributed by atoms with Crippen LogP contribution in [0.2, 0.25) is 0 Å². The van der Waals surface area contributed by atoms with Gasteiger partial charge in [-0.3, -0.25) is 9.59 Å². The van der Waals surface area contributed by atoms with Crippen molar-refractivity contribution < 1.29 is 19.4 Å². The Morgan fingerprint density at radius 1 is 1.02 bits per heavy atom. The molecule has 0 unspecified atom stereocenters. The Labute approximate surface area is 241 Å². The Balaban J connectivity index is 0.00000113. The molecule has 1 amide bonds. The van der Waals surface area contributed by atoms with E-state index in [1.165, 1.54) is 12.4 Å². The molecule has 12 nitrogen and oxygen atoms in total. The van der Waals surface area contributed by atoms with Crippen LogP contribution in [-0.2, 0) is 16.6 Å². The number of carboxylic acid groups (broad SMARTS) is 1. The van der Waals surface area contributed by atoms with Crippen molar-refractivity contribution in [3.63, 3.8) is 0 Å². The Morgan fingerprint density at radius 2 is 1.81 bits per heavy atom. The molecule has 0 aliphatic carbocycles. The summed E-state index contributed by atoms with van der Waals surface area (Å²) in [5.74, 6) is 2.99. The second-order valence-corrected chi connectivity index (χ2v) is 9.62. The number of anilines is 3. The van der Waals surface area contributed by atoms with Crippen molar-refractivity contribution in [2.24, 2.45) is 7.05 Å². The summed E-state index contributed by atoms with van der Waals surface area (Å²) in [5, 5.41) is 11.2. The SMILES string of the molecule is C=CC(=O)N1CCN(c2cc3c(Nc4ccc(Oc5ccc6c(c5)ncn6C)c(C)c4)ncnc3cn2)CC1.O=CO. The summed E-state index contributed by atoms with van der Waals surface area (Å²) in [6.45, 7) is 8.00. The lowest BCUT2D eigenvalue weighted by atomic mass is 10.2. The Kier molecular flexibility index (Phi) is 8.23. The quantitative estimate of drug-likeness (QED) is 0.226. The van der Waals surface area contributed by atoms with Crippen molar-refractivity contribution in [3.8, 4) is 11.5 Å². The maximum absolute atomic E-state index is 11.9. The van der Waals surface area contributed by atoms with E-state index in [-0.39, 0.29) is 12.4 Å². The van der Waals surface area contributed by atoms with Gasteiger partial charge in [0.1, 0.15) is 29.5 Å². The van der Waals surface area contributed by atoms with Gasteiger partial charge in [-0.1, -0.05) is 6.58 Å². The molecule has 6 rings (SSSR count). The first-order chi connectivity index (χ1) is 20.4. The van der Waals surface area contributed by atoms with Gasteiger partial charge < -0.3 is 29.5 Å². The summed E-state index contributed by atoms with van der Waals surface area (Å²) in [6.07, 6.45) is 6.45. The normalized spacial score (nSPS) is 12.9. The number of nitrogens with one attached hydrogen (secondary N) is 1. The Hall–Kier alpha value is -5.52. The first-order valence-corrected chi connectivity index (χ1v) is 13.2. The monoisotopic (exact) mass is 566 g/mol. The van der Waals surface area contributed by atoms with Crippen LogP contribution in [-0.4, -0.2) is 73.1 Å². The molecule has 3 aromatic heterocycles. The average molecular weight is 567 g/mol. The molecule has 1 aliphatic heterocycles. The zero-order valence-electron chi connectivity index (χ0n) is 23.3. The molecule has 2 N–H and O–H groups in total. The van der Waals surface area contributed by atoms with Crippen LogP contribution in [0, 0.1) is 6.92 Å². The van der Waals surface area contributed by atoms with Gasteiger partial charge in [-0.15, -0.1) is 0 Å². The van der Waals surface area contributed by atoms with Gasteiger partial charge in [-0.25, -0.2) is 19.9 Å². The summed E-state index contributed by atoms with van der Waals surface area (Å²) < 4.78 is 8.15. The van der Waals surface area contributed by atoms with Crippen LogP contribution in [0.4, 0.5) is 17.3 Å². The molecule has 0 bridgehead atoms. The molecule has 1 fully saturated rings. The molecular formula is C30H30N8O4. The van der Waals surface area contributed by atoms with Gasteiger partial charge >= 0.3 is 0 Å². The maximum Gasteiger partial charge on any atom is 0.290 e. The fourth-order valence-electron chi connectivity index (χ4n) is 4.79. The molecule has 4 heterocycles. The summed E-state index contributed by atoms with van der Waals surface area (Å²) in [6, 6.07) is 13.8. The number of nitrogens with zero attached hydrogens (tertiary/aromatic N) is 7. The van der Waals surface area contributed by atoms with E-state index >= 15 is 0 Å². The van der Waals surface area contributed by atoms with Crippen LogP contribution in [0.1, 0.15) is 5.56 Å². The number of pyridine rings is 1. The van der Waals surface area contributed by atoms with Crippen LogP contribution in [0.25, 0.3) is 21.9 Å². The molecule has 0 saturated carbocycles. The highest BCUT2D eigenvalue weighted by Crippen LogP contribution is 2.31. The summed E-state index contributed by atoms with van der Waals surface area (Å²) in [5.41, 5.74) is 4.56. The number of benzene rings is 2. The average Bonchev–Trinajstić information content (AvgIpc) is 3.38. The second kappa shape index (κ2) is 12.3. The minimum atomic E-state index is -0.250. The third-order valence-electron chi connectivity index (χ3n) is 6.96. The van der Waals surface area contributed by atoms with E-state index in [2.05, 4.69) is 36.7 Å². The Morgan fingerprint density at radius 3 is 2.55 bits per heavy atom. The zero-order valence-corrected chi connectivity index (χ0v) is 23.3. The van der Waals surface area contributed by atoms with Crippen LogP contribution in [0.15, 0.2) is 74.0 Å². The van der Waals surface area contributed by atoms with Crippen LogP contribution < -0.4 is 15.0 Å². The van der Waals surface area contributed by atoms with E-state index in [9.17, 15) is 4.79 Å². The molecule has 0 spiro atoms. The predicted octanol–water partition coefficient (Wildman–Crippen LogP) is 4.29. The summed E-state index contributed by atoms with van der Waals surface area (Å²) >= 11 is 0. The van der Waals surface area contributed by atoms with Gasteiger partial charge in [0.2, 0.25) is 5.91 Å². The lowest BCUT2D eigenvalue weighted by molar-refractivity contribution is -0.126. The second-order valence-electron chi connectivity index (χ2n) is 9.62. The molecule has 0 atom stereocenters. The maximum atomic E-state index is 11.9. The number of carbonyl (C=O) groups is 2. The van der Waals surface area contributed by atoms with E-state index in [4.69, 9.17) is 14.6 Å². The highest BCUT2D eigenvalue weighted by molar-refractivity contribution is 5.92. The van der Waals surface area contributed by atoms with Gasteiger partial charge in [0.05, 0.1) is 29.1 Å². The highest BCUT2D eigenvalue weighted by Gasteiger charge is 2.21. The molecule has 0 radical (unpaired) electrons. The number of hydrogen-bond acceptors (Lipinski definition) is 9. The van der Waals surface area contributed by atoms with Crippen LogP contribution in [0.5, 0.6) is 11.5 Å². The number of amides is 1. The number of piperazine rings is 1. The molecular weight excluding hydrogens is 536 g/mol. The largest absolute Gasteiger partial charge is 0.483 e. The molecule has 1 saturated heterocycles. The number of carbonyl (C=O) groups excluding carboxylic acids is 1. The first kappa shape index (κ1) is 28.0. The fraction of sp³-hybridized carbons (Fsp3) is 0.200. The topological polar surface area (TPSA) is 139 Å². The van der Waals surface area contributed by atoms with E-state index < -0.39 is 0 Å². The van der Waals surface area contributed by atoms with Crippen LogP contribution in [0.3, 0.4) is 0 Å². The summed E-state index contributed by atoms with van der Waals surface area (Å²) in [7, 11) is 1.97. The zero-order chi connectivity index (χ0) is 29.6. The van der Waals surface area contributed by atoms with Gasteiger partial charge in [0.15, 0.2) is 0 Å². The smallest absolute Gasteiger partial charge is 0.290 e. The van der Waals surface area contributed by atoms with Crippen molar-refractivity contribution in [2.75, 3.05) is 36.4 Å². The van der Waals surface area contributed by atoms with Crippen molar-refractivity contribution >= 4 is 51.6 Å². The van der Waals surface area contributed by atoms with Crippen molar-refractivity contribution in [2.45, 2.75) is 6.92 Å². The van der Waals surface area contributed by atoms with E-state index in [1.54, 1.807) is 17.4 Å². The van der Waals surface area contributed by atoms with E-state index in [0.717, 1.165) is 50.5 Å². The predicted molar refractivity (Wildman–Crippen MR) is 160 cm³/mol. The van der Waals surface area contributed by atoms with Crippen LogP contribution >= 0.6 is 0 Å². The van der Waals surface area contributed by atoms with Gasteiger partial charge in [0, 0.05) is 50.4 Å². The number of fused-ring (bicyclic) bond motifs is 2. The number of aryl methyl sites for hydroxylation is 2. The van der Waals surface area contributed by atoms with Crippen molar-refractivity contribution in [1.29, 1.82) is 0 Å². The molecule has 1 aliphatic rings. The minimum absolute atomic E-state index is 0.0398. The number of imidazole rings is 1. The fourth-order valence-corrected chi connectivity index (χ4v) is 4.79. The van der Waals surface area contributed by atoms with Crippen molar-refractivity contribution in [3.05, 3.63) is 79.5 Å². The van der Waals surface area contributed by atoms with E-state index in [0.29, 0.717) is 32.0 Å². The lowest BCUT2D eigenvalue weighted by Gasteiger charge is -2.35. The molecule has 12 heteroatoms. The Bertz CT molecular complexity index is 1760. The van der Waals surface area contributed by atoms with Gasteiger partial charge in [0.25, 0.3) is 6.47 Å². The van der Waals surface area contributed by atoms with Gasteiger partial charge in [-0.2, -0.15) is 0 Å². The molecule has 2 aromatic carbocycles. The lowest BCUT2D eigenvalue weighted by Crippen LogP contribution is -2.48. The first-order valence-electron chi connectivity index (χ1n) is 13.2. The minimum Gasteiger partial charge on any atom is -0.483 e. The summed E-state index contributed by atoms with van der Waals surface area (Å²) in [4.78, 5) is 42.2. The van der Waals surface area contributed by atoms with E-state index in [1.807, 2.05) is 61.0 Å². The standard InChI is InChI=1S/C29H28N8O2.CH2O2/c1-4-28(38)37-11-9-36(10-12-37)27-15-22-24(16-30-27)31-17-32-29(22)34-20-5-8-26(19(2)13-20)39-21-6-7-25-23(14-21)33-18-35(25)3;2-1-3/h4-8,13-18H,1,9-12H2,2-3H3,(H,31,32,34);1H,(H,2,3). The van der Waals surface area contributed by atoms with Crippen molar-refractivity contribution in [1.82, 2.24) is 29.4 Å².